The van der Waals surface area contributed by atoms with E-state index in [0.29, 0.717) is 11.6 Å². The Hall–Kier alpha value is -3.24. The number of anilines is 1. The molecular weight excluding hydrogens is 382 g/mol. The van der Waals surface area contributed by atoms with Gasteiger partial charge in [-0.25, -0.2) is 4.79 Å². The molecule has 2 N–H and O–H groups in total. The Bertz CT molecular complexity index is 1180. The number of hydrogen-bond acceptors (Lipinski definition) is 1. The Morgan fingerprint density at radius 3 is 2.45 bits per heavy atom. The highest BCUT2D eigenvalue weighted by atomic mass is 35.5. The molecule has 3 aromatic carbocycles. The molecule has 0 radical (unpaired) electrons. The summed E-state index contributed by atoms with van der Waals surface area (Å²) in [5.41, 5.74) is 5.80. The van der Waals surface area contributed by atoms with Gasteiger partial charge in [-0.1, -0.05) is 54.1 Å². The van der Waals surface area contributed by atoms with Crippen LogP contribution in [0.1, 0.15) is 16.7 Å². The van der Waals surface area contributed by atoms with Gasteiger partial charge in [0.05, 0.1) is 11.2 Å². The standard InChI is InChI=1S/C24H22ClN3O/c1-16-7-5-8-17(2)23(16)27-24(29)26-15-19-20(25)10-6-12-22(19)28-14-13-18-9-3-4-11-21(18)28/h3-14H,15H2,1-2H3,(H2,26,27,29). The molecule has 146 valence electrons. The van der Waals surface area contributed by atoms with Gasteiger partial charge in [-0.05, 0) is 54.6 Å². The van der Waals surface area contributed by atoms with Crippen molar-refractivity contribution in [3.8, 4) is 5.69 Å². The number of nitrogens with one attached hydrogen (secondary N) is 2. The molecule has 1 heterocycles. The monoisotopic (exact) mass is 403 g/mol. The third-order valence-electron chi connectivity index (χ3n) is 5.10. The highest BCUT2D eigenvalue weighted by molar-refractivity contribution is 6.31. The highest BCUT2D eigenvalue weighted by Gasteiger charge is 2.13. The van der Waals surface area contributed by atoms with Gasteiger partial charge < -0.3 is 15.2 Å². The van der Waals surface area contributed by atoms with E-state index in [1.54, 1.807) is 0 Å². The van der Waals surface area contributed by atoms with Crippen LogP contribution in [0.3, 0.4) is 0 Å². The van der Waals surface area contributed by atoms with Gasteiger partial charge in [0.15, 0.2) is 0 Å². The van der Waals surface area contributed by atoms with E-state index in [9.17, 15) is 4.79 Å². The Kier molecular flexibility index (Phi) is 5.28. The predicted octanol–water partition coefficient (Wildman–Crippen LogP) is 6.22. The molecule has 29 heavy (non-hydrogen) atoms. The second kappa shape index (κ2) is 8.02. The maximum atomic E-state index is 12.5. The number of hydrogen-bond donors (Lipinski definition) is 2. The van der Waals surface area contributed by atoms with Crippen molar-refractivity contribution in [3.05, 3.63) is 94.6 Å². The van der Waals surface area contributed by atoms with Crippen molar-refractivity contribution in [3.63, 3.8) is 0 Å². The lowest BCUT2D eigenvalue weighted by Gasteiger charge is -2.16. The van der Waals surface area contributed by atoms with Crippen LogP contribution in [0.4, 0.5) is 10.5 Å². The van der Waals surface area contributed by atoms with E-state index in [-0.39, 0.29) is 6.03 Å². The summed E-state index contributed by atoms with van der Waals surface area (Å²) in [5.74, 6) is 0. The second-order valence-electron chi connectivity index (χ2n) is 7.06. The molecule has 0 aliphatic heterocycles. The molecule has 0 aliphatic rings. The number of amides is 2. The lowest BCUT2D eigenvalue weighted by atomic mass is 10.1. The van der Waals surface area contributed by atoms with Crippen LogP contribution in [-0.4, -0.2) is 10.6 Å². The molecule has 4 rings (SSSR count). The second-order valence-corrected chi connectivity index (χ2v) is 7.46. The zero-order valence-electron chi connectivity index (χ0n) is 16.4. The number of nitrogens with zero attached hydrogens (tertiary/aromatic N) is 1. The quantitative estimate of drug-likeness (QED) is 0.417. The van der Waals surface area contributed by atoms with Crippen molar-refractivity contribution >= 4 is 34.2 Å². The summed E-state index contributed by atoms with van der Waals surface area (Å²) < 4.78 is 2.10. The molecule has 4 aromatic rings. The van der Waals surface area contributed by atoms with Gasteiger partial charge in [0, 0.05) is 29.0 Å². The van der Waals surface area contributed by atoms with Gasteiger partial charge in [0.25, 0.3) is 0 Å². The summed E-state index contributed by atoms with van der Waals surface area (Å²) in [6.07, 6.45) is 2.02. The lowest BCUT2D eigenvalue weighted by molar-refractivity contribution is 0.251. The average Bonchev–Trinajstić information content (AvgIpc) is 3.14. The minimum Gasteiger partial charge on any atom is -0.334 e. The molecule has 0 atom stereocenters. The largest absolute Gasteiger partial charge is 0.334 e. The van der Waals surface area contributed by atoms with Crippen LogP contribution in [0.15, 0.2) is 72.9 Å². The minimum atomic E-state index is -0.259. The molecule has 4 nitrogen and oxygen atoms in total. The van der Waals surface area contributed by atoms with Gasteiger partial charge in [0.1, 0.15) is 0 Å². The van der Waals surface area contributed by atoms with Crippen LogP contribution in [0.5, 0.6) is 0 Å². The van der Waals surface area contributed by atoms with Gasteiger partial charge in [-0.2, -0.15) is 0 Å². The number of fused-ring (bicyclic) bond motifs is 1. The summed E-state index contributed by atoms with van der Waals surface area (Å²) in [5, 5.41) is 7.67. The molecule has 0 aliphatic carbocycles. The van der Waals surface area contributed by atoms with E-state index in [1.165, 1.54) is 0 Å². The van der Waals surface area contributed by atoms with Crippen molar-refractivity contribution in [1.82, 2.24) is 9.88 Å². The van der Waals surface area contributed by atoms with Crippen LogP contribution >= 0.6 is 11.6 Å². The van der Waals surface area contributed by atoms with E-state index in [2.05, 4.69) is 33.4 Å². The van der Waals surface area contributed by atoms with E-state index in [4.69, 9.17) is 11.6 Å². The van der Waals surface area contributed by atoms with E-state index < -0.39 is 0 Å². The van der Waals surface area contributed by atoms with Crippen LogP contribution < -0.4 is 10.6 Å². The molecule has 0 bridgehead atoms. The molecule has 0 unspecified atom stereocenters. The van der Waals surface area contributed by atoms with Crippen LogP contribution in [0.2, 0.25) is 5.02 Å². The molecular formula is C24H22ClN3O. The molecule has 0 saturated carbocycles. The molecule has 1 aromatic heterocycles. The summed E-state index contributed by atoms with van der Waals surface area (Å²) in [6, 6.07) is 21.7. The number of rotatable bonds is 4. The maximum Gasteiger partial charge on any atom is 0.319 e. The number of benzene rings is 3. The zero-order valence-corrected chi connectivity index (χ0v) is 17.1. The number of para-hydroxylation sites is 2. The molecule has 0 saturated heterocycles. The topological polar surface area (TPSA) is 46.1 Å². The van der Waals surface area contributed by atoms with Crippen molar-refractivity contribution in [2.24, 2.45) is 0 Å². The first-order valence-electron chi connectivity index (χ1n) is 9.49. The van der Waals surface area contributed by atoms with Gasteiger partial charge in [-0.15, -0.1) is 0 Å². The first kappa shape index (κ1) is 19.1. The first-order chi connectivity index (χ1) is 14.0. The third-order valence-corrected chi connectivity index (χ3v) is 5.45. The summed E-state index contributed by atoms with van der Waals surface area (Å²) in [7, 11) is 0. The van der Waals surface area contributed by atoms with Crippen LogP contribution in [-0.2, 0) is 6.54 Å². The Balaban J connectivity index is 1.59. The van der Waals surface area contributed by atoms with Crippen LogP contribution in [0, 0.1) is 13.8 Å². The fraction of sp³-hybridized carbons (Fsp3) is 0.125. The van der Waals surface area contributed by atoms with E-state index in [1.807, 2.05) is 68.6 Å². The fourth-order valence-electron chi connectivity index (χ4n) is 3.58. The number of carbonyl (C=O) groups is 1. The number of halogens is 1. The number of urea groups is 1. The smallest absolute Gasteiger partial charge is 0.319 e. The van der Waals surface area contributed by atoms with Crippen molar-refractivity contribution in [1.29, 1.82) is 0 Å². The summed E-state index contributed by atoms with van der Waals surface area (Å²) >= 11 is 6.51. The maximum absolute atomic E-state index is 12.5. The molecule has 0 fully saturated rings. The Morgan fingerprint density at radius 2 is 1.66 bits per heavy atom. The average molecular weight is 404 g/mol. The Morgan fingerprint density at radius 1 is 0.931 bits per heavy atom. The zero-order chi connectivity index (χ0) is 20.4. The first-order valence-corrected chi connectivity index (χ1v) is 9.87. The SMILES string of the molecule is Cc1cccc(C)c1NC(=O)NCc1c(Cl)cccc1-n1ccc2ccccc21. The van der Waals surface area contributed by atoms with Gasteiger partial charge in [0.2, 0.25) is 0 Å². The normalized spacial score (nSPS) is 10.9. The summed E-state index contributed by atoms with van der Waals surface area (Å²) in [4.78, 5) is 12.5. The van der Waals surface area contributed by atoms with Crippen molar-refractivity contribution in [2.75, 3.05) is 5.32 Å². The van der Waals surface area contributed by atoms with Crippen molar-refractivity contribution in [2.45, 2.75) is 20.4 Å². The van der Waals surface area contributed by atoms with Crippen molar-refractivity contribution < 1.29 is 4.79 Å². The molecule has 2 amide bonds. The molecule has 0 spiro atoms. The lowest BCUT2D eigenvalue weighted by Crippen LogP contribution is -2.29. The number of carbonyl (C=O) groups excluding carboxylic acids is 1. The number of aromatic nitrogens is 1. The number of aryl methyl sites for hydroxylation is 2. The highest BCUT2D eigenvalue weighted by Crippen LogP contribution is 2.27. The minimum absolute atomic E-state index is 0.259. The Labute approximate surface area is 175 Å². The van der Waals surface area contributed by atoms with Gasteiger partial charge >= 0.3 is 6.03 Å². The summed E-state index contributed by atoms with van der Waals surface area (Å²) in [6.45, 7) is 4.27. The van der Waals surface area contributed by atoms with E-state index >= 15 is 0 Å². The predicted molar refractivity (Wildman–Crippen MR) is 120 cm³/mol. The van der Waals surface area contributed by atoms with E-state index in [0.717, 1.165) is 39.0 Å². The molecule has 5 heteroatoms. The van der Waals surface area contributed by atoms with Gasteiger partial charge in [-0.3, -0.25) is 0 Å². The third kappa shape index (κ3) is 3.84. The fourth-order valence-corrected chi connectivity index (χ4v) is 3.82. The van der Waals surface area contributed by atoms with Crippen LogP contribution in [0.25, 0.3) is 16.6 Å².